The van der Waals surface area contributed by atoms with Gasteiger partial charge in [-0.1, -0.05) is 6.92 Å². The second kappa shape index (κ2) is 5.94. The highest BCUT2D eigenvalue weighted by atomic mass is 16.6. The summed E-state index contributed by atoms with van der Waals surface area (Å²) in [6, 6.07) is 0. The summed E-state index contributed by atoms with van der Waals surface area (Å²) in [6.07, 6.45) is 1.50. The molecule has 0 aromatic rings. The van der Waals surface area contributed by atoms with E-state index < -0.39 is 0 Å². The van der Waals surface area contributed by atoms with E-state index in [1.807, 2.05) is 0 Å². The van der Waals surface area contributed by atoms with Gasteiger partial charge in [-0.05, 0) is 13.0 Å². The van der Waals surface area contributed by atoms with Crippen LogP contribution in [-0.4, -0.2) is 38.4 Å². The third kappa shape index (κ3) is 3.74. The lowest BCUT2D eigenvalue weighted by molar-refractivity contribution is -0.147. The van der Waals surface area contributed by atoms with Crippen LogP contribution in [0.3, 0.4) is 0 Å². The first-order valence-electron chi connectivity index (χ1n) is 4.83. The highest BCUT2D eigenvalue weighted by Gasteiger charge is 2.26. The summed E-state index contributed by atoms with van der Waals surface area (Å²) in [7, 11) is 0. The first-order chi connectivity index (χ1) is 6.34. The Bertz CT molecular complexity index is 161. The van der Waals surface area contributed by atoms with Crippen LogP contribution >= 0.6 is 0 Å². The number of ether oxygens (including phenoxy) is 2. The van der Waals surface area contributed by atoms with Gasteiger partial charge in [0, 0.05) is 13.0 Å². The molecular weight excluding hydrogens is 170 g/mol. The van der Waals surface area contributed by atoms with Crippen molar-refractivity contribution in [1.82, 2.24) is 5.32 Å². The summed E-state index contributed by atoms with van der Waals surface area (Å²) in [5, 5.41) is 3.20. The maximum absolute atomic E-state index is 10.9. The fourth-order valence-electron chi connectivity index (χ4n) is 1.20. The van der Waals surface area contributed by atoms with Crippen LogP contribution in [0.4, 0.5) is 0 Å². The molecule has 1 atom stereocenters. The van der Waals surface area contributed by atoms with Crippen molar-refractivity contribution in [2.45, 2.75) is 25.9 Å². The van der Waals surface area contributed by atoms with E-state index in [0.29, 0.717) is 19.6 Å². The fraction of sp³-hybridized carbons (Fsp3) is 0.889. The Balaban J connectivity index is 1.96. The van der Waals surface area contributed by atoms with Crippen LogP contribution in [0.2, 0.25) is 0 Å². The number of carbonyl (C=O) groups excluding carboxylic acids is 1. The molecule has 0 amide bonds. The molecular formula is C9H17NO3. The lowest BCUT2D eigenvalue weighted by Gasteiger charge is -2.07. The van der Waals surface area contributed by atoms with Gasteiger partial charge in [0.2, 0.25) is 0 Å². The quantitative estimate of drug-likeness (QED) is 0.480. The van der Waals surface area contributed by atoms with Crippen LogP contribution < -0.4 is 5.32 Å². The molecule has 1 rings (SSSR count). The lowest BCUT2D eigenvalue weighted by atomic mass is 10.3. The Labute approximate surface area is 78.6 Å². The summed E-state index contributed by atoms with van der Waals surface area (Å²) in [6.45, 7) is 5.00. The number of carbonyl (C=O) groups is 1. The van der Waals surface area contributed by atoms with Gasteiger partial charge in [-0.2, -0.15) is 0 Å². The van der Waals surface area contributed by atoms with Gasteiger partial charge in [0.25, 0.3) is 0 Å². The Morgan fingerprint density at radius 2 is 2.46 bits per heavy atom. The van der Waals surface area contributed by atoms with Crippen LogP contribution in [0.5, 0.6) is 0 Å². The average molecular weight is 187 g/mol. The molecule has 4 nitrogen and oxygen atoms in total. The zero-order valence-electron chi connectivity index (χ0n) is 8.04. The van der Waals surface area contributed by atoms with Crippen LogP contribution in [-0.2, 0) is 14.3 Å². The Morgan fingerprint density at radius 3 is 3.08 bits per heavy atom. The molecule has 4 heteroatoms. The van der Waals surface area contributed by atoms with E-state index in [1.165, 1.54) is 0 Å². The molecule has 76 valence electrons. The average Bonchev–Trinajstić information content (AvgIpc) is 2.52. The summed E-state index contributed by atoms with van der Waals surface area (Å²) in [5.74, 6) is -0.213. The molecule has 0 bridgehead atoms. The Morgan fingerprint density at radius 1 is 1.62 bits per heavy atom. The number of rotatable bonds is 6. The highest BCUT2D eigenvalue weighted by Crippen LogP contribution is 2.09. The van der Waals surface area contributed by atoms with Crippen molar-refractivity contribution in [3.05, 3.63) is 0 Å². The number of cyclic esters (lactones) is 1. The molecule has 1 heterocycles. The van der Waals surface area contributed by atoms with Gasteiger partial charge in [-0.3, -0.25) is 0 Å². The molecule has 0 spiro atoms. The van der Waals surface area contributed by atoms with Gasteiger partial charge in [0.1, 0.15) is 0 Å². The third-order valence-corrected chi connectivity index (χ3v) is 1.91. The van der Waals surface area contributed by atoms with Crippen LogP contribution in [0, 0.1) is 0 Å². The lowest BCUT2D eigenvalue weighted by Crippen LogP contribution is -2.25. The van der Waals surface area contributed by atoms with Gasteiger partial charge in [0.05, 0.1) is 13.2 Å². The monoisotopic (exact) mass is 187 g/mol. The standard InChI is InChI=1S/C9H17NO3/c1-2-4-10-5-7-12-8-3-6-13-9(8)11/h8,10H,2-7H2,1H3. The van der Waals surface area contributed by atoms with Crippen LogP contribution in [0.1, 0.15) is 19.8 Å². The summed E-state index contributed by atoms with van der Waals surface area (Å²) >= 11 is 0. The third-order valence-electron chi connectivity index (χ3n) is 1.91. The van der Waals surface area contributed by atoms with Crippen molar-refractivity contribution in [2.24, 2.45) is 0 Å². The Kier molecular flexibility index (Phi) is 4.78. The minimum absolute atomic E-state index is 0.213. The summed E-state index contributed by atoms with van der Waals surface area (Å²) in [4.78, 5) is 10.9. The molecule has 0 saturated carbocycles. The van der Waals surface area contributed by atoms with Crippen molar-refractivity contribution in [3.63, 3.8) is 0 Å². The normalized spacial score (nSPS) is 21.9. The van der Waals surface area contributed by atoms with Crippen LogP contribution in [0.15, 0.2) is 0 Å². The van der Waals surface area contributed by atoms with Gasteiger partial charge < -0.3 is 14.8 Å². The predicted molar refractivity (Wildman–Crippen MR) is 48.5 cm³/mol. The topological polar surface area (TPSA) is 47.6 Å². The maximum atomic E-state index is 10.9. The van der Waals surface area contributed by atoms with Gasteiger partial charge >= 0.3 is 5.97 Å². The molecule has 0 aromatic heterocycles. The molecule has 1 aliphatic heterocycles. The first kappa shape index (κ1) is 10.5. The predicted octanol–water partition coefficient (Wildman–Crippen LogP) is 0.318. The molecule has 0 aromatic carbocycles. The molecule has 0 aliphatic carbocycles. The molecule has 1 unspecified atom stereocenters. The van der Waals surface area contributed by atoms with E-state index in [4.69, 9.17) is 9.47 Å². The van der Waals surface area contributed by atoms with Crippen molar-refractivity contribution < 1.29 is 14.3 Å². The molecule has 1 aliphatic rings. The van der Waals surface area contributed by atoms with Crippen LogP contribution in [0.25, 0.3) is 0 Å². The van der Waals surface area contributed by atoms with E-state index in [-0.39, 0.29) is 12.1 Å². The molecule has 13 heavy (non-hydrogen) atoms. The van der Waals surface area contributed by atoms with Crippen molar-refractivity contribution >= 4 is 5.97 Å². The summed E-state index contributed by atoms with van der Waals surface area (Å²) in [5.41, 5.74) is 0. The van der Waals surface area contributed by atoms with Gasteiger partial charge in [-0.25, -0.2) is 4.79 Å². The van der Waals surface area contributed by atoms with Crippen molar-refractivity contribution in [2.75, 3.05) is 26.3 Å². The van der Waals surface area contributed by atoms with Crippen molar-refractivity contribution in [3.8, 4) is 0 Å². The van der Waals surface area contributed by atoms with E-state index in [1.54, 1.807) is 0 Å². The molecule has 1 N–H and O–H groups in total. The SMILES string of the molecule is CCCNCCOC1CCOC1=O. The smallest absolute Gasteiger partial charge is 0.335 e. The minimum atomic E-state index is -0.316. The minimum Gasteiger partial charge on any atom is -0.464 e. The van der Waals surface area contributed by atoms with Crippen molar-refractivity contribution in [1.29, 1.82) is 0 Å². The number of hydrogen-bond acceptors (Lipinski definition) is 4. The highest BCUT2D eigenvalue weighted by molar-refractivity contribution is 5.76. The summed E-state index contributed by atoms with van der Waals surface area (Å²) < 4.78 is 10.1. The van der Waals surface area contributed by atoms with E-state index in [9.17, 15) is 4.79 Å². The zero-order chi connectivity index (χ0) is 9.52. The van der Waals surface area contributed by atoms with Gasteiger partial charge in [-0.15, -0.1) is 0 Å². The van der Waals surface area contributed by atoms with E-state index >= 15 is 0 Å². The van der Waals surface area contributed by atoms with Gasteiger partial charge in [0.15, 0.2) is 6.10 Å². The molecule has 1 fully saturated rings. The Hall–Kier alpha value is -0.610. The second-order valence-electron chi connectivity index (χ2n) is 3.07. The second-order valence-corrected chi connectivity index (χ2v) is 3.07. The fourth-order valence-corrected chi connectivity index (χ4v) is 1.20. The van der Waals surface area contributed by atoms with E-state index in [0.717, 1.165) is 19.5 Å². The molecule has 0 radical (unpaired) electrons. The first-order valence-corrected chi connectivity index (χ1v) is 4.83. The molecule has 1 saturated heterocycles. The maximum Gasteiger partial charge on any atom is 0.335 e. The zero-order valence-corrected chi connectivity index (χ0v) is 8.04. The number of nitrogens with one attached hydrogen (secondary N) is 1. The number of esters is 1. The van der Waals surface area contributed by atoms with E-state index in [2.05, 4.69) is 12.2 Å². The largest absolute Gasteiger partial charge is 0.464 e. The number of hydrogen-bond donors (Lipinski definition) is 1.